The van der Waals surface area contributed by atoms with E-state index in [0.29, 0.717) is 42.7 Å². The number of rotatable bonds is 9. The van der Waals surface area contributed by atoms with E-state index in [1.165, 1.54) is 17.9 Å². The number of carbonyl (C=O) groups is 3. The number of halogens is 1. The number of nitrogens with zero attached hydrogens (tertiary/aromatic N) is 1. The first-order valence-electron chi connectivity index (χ1n) is 10.5. The monoisotopic (exact) mass is 442 g/mol. The summed E-state index contributed by atoms with van der Waals surface area (Å²) in [6, 6.07) is 11.8. The minimum absolute atomic E-state index is 0.0547. The predicted molar refractivity (Wildman–Crippen MR) is 118 cm³/mol. The van der Waals surface area contributed by atoms with Crippen molar-refractivity contribution in [2.45, 2.75) is 32.4 Å². The van der Waals surface area contributed by atoms with E-state index < -0.39 is 18.0 Å². The van der Waals surface area contributed by atoms with Crippen LogP contribution in [0.2, 0.25) is 0 Å². The van der Waals surface area contributed by atoms with Crippen LogP contribution in [0.1, 0.15) is 25.3 Å². The summed E-state index contributed by atoms with van der Waals surface area (Å²) in [4.78, 5) is 36.2. The maximum absolute atomic E-state index is 14.8. The van der Waals surface area contributed by atoms with Crippen molar-refractivity contribution in [2.75, 3.05) is 24.5 Å². The molecule has 0 aliphatic carbocycles. The summed E-state index contributed by atoms with van der Waals surface area (Å²) in [5.41, 5.74) is 7.76. The molecule has 1 atom stereocenters. The minimum atomic E-state index is -0.578. The molecule has 3 amide bonds. The molecule has 0 spiro atoms. The highest BCUT2D eigenvalue weighted by Crippen LogP contribution is 2.29. The highest BCUT2D eigenvalue weighted by Gasteiger charge is 2.32. The molecular weight excluding hydrogens is 415 g/mol. The molecule has 1 heterocycles. The Morgan fingerprint density at radius 2 is 1.94 bits per heavy atom. The average molecular weight is 442 g/mol. The number of ether oxygens (including phenoxy) is 1. The molecule has 1 aliphatic rings. The Labute approximate surface area is 185 Å². The zero-order chi connectivity index (χ0) is 23.1. The first-order valence-corrected chi connectivity index (χ1v) is 10.5. The summed E-state index contributed by atoms with van der Waals surface area (Å²) in [5.74, 6) is -0.737. The van der Waals surface area contributed by atoms with Gasteiger partial charge in [0.15, 0.2) is 0 Å². The van der Waals surface area contributed by atoms with Crippen LogP contribution < -0.4 is 21.3 Å². The number of hydrogen-bond donors (Lipinski definition) is 3. The van der Waals surface area contributed by atoms with Gasteiger partial charge in [0, 0.05) is 25.5 Å². The summed E-state index contributed by atoms with van der Waals surface area (Å²) in [7, 11) is 0. The van der Waals surface area contributed by atoms with E-state index in [1.54, 1.807) is 24.3 Å². The van der Waals surface area contributed by atoms with Crippen LogP contribution in [0.3, 0.4) is 0 Å². The number of nitrogens with two attached hydrogens (primary N) is 1. The van der Waals surface area contributed by atoms with Gasteiger partial charge in [-0.2, -0.15) is 0 Å². The molecule has 32 heavy (non-hydrogen) atoms. The predicted octanol–water partition coefficient (Wildman–Crippen LogP) is 2.31. The van der Waals surface area contributed by atoms with Gasteiger partial charge in [-0.3, -0.25) is 14.5 Å². The smallest absolute Gasteiger partial charge is 0.414 e. The first-order chi connectivity index (χ1) is 15.4. The van der Waals surface area contributed by atoms with Gasteiger partial charge in [0.05, 0.1) is 18.8 Å². The Morgan fingerprint density at radius 3 is 2.59 bits per heavy atom. The summed E-state index contributed by atoms with van der Waals surface area (Å²) < 4.78 is 20.1. The quantitative estimate of drug-likeness (QED) is 0.552. The molecule has 2 aromatic carbocycles. The Balaban J connectivity index is 1.63. The molecule has 0 radical (unpaired) electrons. The van der Waals surface area contributed by atoms with Crippen molar-refractivity contribution in [3.05, 3.63) is 53.8 Å². The van der Waals surface area contributed by atoms with Crippen molar-refractivity contribution < 1.29 is 23.5 Å². The Hall–Kier alpha value is -3.46. The first kappa shape index (κ1) is 23.2. The molecule has 2 aromatic rings. The highest BCUT2D eigenvalue weighted by molar-refractivity contribution is 5.90. The van der Waals surface area contributed by atoms with Crippen LogP contribution in [0.15, 0.2) is 42.5 Å². The lowest BCUT2D eigenvalue weighted by molar-refractivity contribution is -0.121. The lowest BCUT2D eigenvalue weighted by Gasteiger charge is -2.15. The molecule has 3 rings (SSSR count). The van der Waals surface area contributed by atoms with Gasteiger partial charge in [-0.05, 0) is 42.3 Å². The number of carbonyl (C=O) groups excluding carboxylic acids is 3. The lowest BCUT2D eigenvalue weighted by Crippen LogP contribution is -2.33. The maximum atomic E-state index is 14.8. The molecule has 0 bridgehead atoms. The third-order valence-corrected chi connectivity index (χ3v) is 5.08. The van der Waals surface area contributed by atoms with Gasteiger partial charge in [0.25, 0.3) is 0 Å². The number of benzene rings is 2. The number of hydrogen-bond acceptors (Lipinski definition) is 5. The molecule has 4 N–H and O–H groups in total. The normalized spacial score (nSPS) is 15.4. The maximum Gasteiger partial charge on any atom is 0.414 e. The third-order valence-electron chi connectivity index (χ3n) is 5.08. The molecule has 9 heteroatoms. The van der Waals surface area contributed by atoms with Gasteiger partial charge >= 0.3 is 6.09 Å². The van der Waals surface area contributed by atoms with Gasteiger partial charge in [-0.25, -0.2) is 9.18 Å². The van der Waals surface area contributed by atoms with Crippen LogP contribution in [-0.4, -0.2) is 43.6 Å². The summed E-state index contributed by atoms with van der Waals surface area (Å²) in [5, 5.41) is 5.43. The van der Waals surface area contributed by atoms with Crippen molar-refractivity contribution >= 4 is 23.6 Å². The fourth-order valence-corrected chi connectivity index (χ4v) is 3.36. The van der Waals surface area contributed by atoms with E-state index in [1.807, 2.05) is 12.1 Å². The third kappa shape index (κ3) is 6.04. The molecule has 1 aliphatic heterocycles. The van der Waals surface area contributed by atoms with Crippen molar-refractivity contribution in [1.29, 1.82) is 0 Å². The van der Waals surface area contributed by atoms with E-state index in [-0.39, 0.29) is 24.9 Å². The van der Waals surface area contributed by atoms with Crippen molar-refractivity contribution in [1.82, 2.24) is 10.6 Å². The zero-order valence-corrected chi connectivity index (χ0v) is 17.9. The molecule has 170 valence electrons. The van der Waals surface area contributed by atoms with Crippen LogP contribution in [0.25, 0.3) is 11.1 Å². The summed E-state index contributed by atoms with van der Waals surface area (Å²) >= 11 is 0. The molecule has 8 nitrogen and oxygen atoms in total. The van der Waals surface area contributed by atoms with E-state index in [0.717, 1.165) is 5.56 Å². The zero-order valence-electron chi connectivity index (χ0n) is 17.9. The van der Waals surface area contributed by atoms with Crippen LogP contribution >= 0.6 is 0 Å². The second-order valence-electron chi connectivity index (χ2n) is 7.58. The summed E-state index contributed by atoms with van der Waals surface area (Å²) in [6.07, 6.45) is -0.0293. The second kappa shape index (κ2) is 10.7. The fraction of sp³-hybridized carbons (Fsp3) is 0.348. The SMILES string of the molecule is CC(=O)NC[C@H]1CN(c2ccc(-c3ccc(CNC(=O)CCCN)cc3)c(F)c2)C(=O)O1. The van der Waals surface area contributed by atoms with Crippen molar-refractivity contribution in [3.63, 3.8) is 0 Å². The van der Waals surface area contributed by atoms with E-state index in [4.69, 9.17) is 10.5 Å². The number of anilines is 1. The standard InChI is InChI=1S/C23H27FN4O4/c1-15(29)26-13-19-14-28(23(31)32-19)18-8-9-20(21(24)11-18)17-6-4-16(5-7-17)12-27-22(30)3-2-10-25/h4-9,11,19H,2-3,10,12-14,25H2,1H3,(H,26,29)(H,27,30)/t19-/m0/s1. The Kier molecular flexibility index (Phi) is 7.77. The lowest BCUT2D eigenvalue weighted by atomic mass is 10.0. The molecule has 1 fully saturated rings. The Bertz CT molecular complexity index is 980. The average Bonchev–Trinajstić information content (AvgIpc) is 3.15. The number of nitrogens with one attached hydrogen (secondary N) is 2. The number of amides is 3. The van der Waals surface area contributed by atoms with Crippen molar-refractivity contribution in [3.8, 4) is 11.1 Å². The molecular formula is C23H27FN4O4. The van der Waals surface area contributed by atoms with Gasteiger partial charge < -0.3 is 21.1 Å². The molecule has 0 unspecified atom stereocenters. The van der Waals surface area contributed by atoms with Crippen molar-refractivity contribution in [2.24, 2.45) is 5.73 Å². The largest absolute Gasteiger partial charge is 0.442 e. The van der Waals surface area contributed by atoms with Crippen LogP contribution in [-0.2, 0) is 20.9 Å². The highest BCUT2D eigenvalue weighted by atomic mass is 19.1. The molecule has 0 saturated carbocycles. The topological polar surface area (TPSA) is 114 Å². The van der Waals surface area contributed by atoms with Gasteiger partial charge in [-0.1, -0.05) is 24.3 Å². The van der Waals surface area contributed by atoms with Crippen LogP contribution in [0, 0.1) is 5.82 Å². The second-order valence-corrected chi connectivity index (χ2v) is 7.58. The minimum Gasteiger partial charge on any atom is -0.442 e. The molecule has 0 aromatic heterocycles. The van der Waals surface area contributed by atoms with Crippen LogP contribution in [0.5, 0.6) is 0 Å². The van der Waals surface area contributed by atoms with E-state index in [2.05, 4.69) is 10.6 Å². The van der Waals surface area contributed by atoms with Gasteiger partial charge in [-0.15, -0.1) is 0 Å². The van der Waals surface area contributed by atoms with Gasteiger partial charge in [0.2, 0.25) is 11.8 Å². The fourth-order valence-electron chi connectivity index (χ4n) is 3.36. The number of cyclic esters (lactones) is 1. The Morgan fingerprint density at radius 1 is 1.19 bits per heavy atom. The summed E-state index contributed by atoms with van der Waals surface area (Å²) in [6.45, 7) is 2.68. The molecule has 1 saturated heterocycles. The van der Waals surface area contributed by atoms with E-state index >= 15 is 0 Å². The van der Waals surface area contributed by atoms with Gasteiger partial charge in [0.1, 0.15) is 11.9 Å². The van der Waals surface area contributed by atoms with Crippen LogP contribution in [0.4, 0.5) is 14.9 Å². The van der Waals surface area contributed by atoms with E-state index in [9.17, 15) is 18.8 Å².